The van der Waals surface area contributed by atoms with Crippen LogP contribution < -0.4 is 4.90 Å². The summed E-state index contributed by atoms with van der Waals surface area (Å²) in [5.41, 5.74) is 7.68. The number of rotatable bonds is 16. The van der Waals surface area contributed by atoms with Gasteiger partial charge in [-0.3, -0.25) is 0 Å². The van der Waals surface area contributed by atoms with E-state index in [1.807, 2.05) is 0 Å². The van der Waals surface area contributed by atoms with Crippen LogP contribution in [-0.4, -0.2) is 11.7 Å². The Kier molecular flexibility index (Phi) is 11.9. The van der Waals surface area contributed by atoms with Crippen molar-refractivity contribution in [1.29, 1.82) is 0 Å². The van der Waals surface area contributed by atoms with E-state index in [0.717, 1.165) is 25.7 Å². The smallest absolute Gasteiger partial charge is 0.0461 e. The van der Waals surface area contributed by atoms with E-state index in [0.29, 0.717) is 0 Å². The summed E-state index contributed by atoms with van der Waals surface area (Å²) in [6, 6.07) is 27.1. The lowest BCUT2D eigenvalue weighted by molar-refractivity contribution is 0.288. The van der Waals surface area contributed by atoms with Gasteiger partial charge in [0.25, 0.3) is 0 Å². The molecule has 0 saturated carbocycles. The fourth-order valence-corrected chi connectivity index (χ4v) is 4.68. The van der Waals surface area contributed by atoms with E-state index >= 15 is 0 Å². The first-order valence-corrected chi connectivity index (χ1v) is 13.9. The molecule has 0 aromatic heterocycles. The lowest BCUT2D eigenvalue weighted by atomic mass is 10.0. The van der Waals surface area contributed by atoms with Crippen molar-refractivity contribution in [3.8, 4) is 0 Å². The number of unbranched alkanes of at least 4 members (excludes halogenated alkanes) is 6. The maximum atomic E-state index is 9.17. The molecule has 188 valence electrons. The Labute approximate surface area is 214 Å². The molecule has 0 unspecified atom stereocenters. The van der Waals surface area contributed by atoms with E-state index in [2.05, 4.69) is 91.5 Å². The highest BCUT2D eigenvalue weighted by molar-refractivity contribution is 5.76. The summed E-state index contributed by atoms with van der Waals surface area (Å²) in [4.78, 5) is 2.36. The third-order valence-electron chi connectivity index (χ3n) is 6.85. The van der Waals surface area contributed by atoms with Crippen molar-refractivity contribution < 1.29 is 5.11 Å². The topological polar surface area (TPSA) is 23.5 Å². The van der Waals surface area contributed by atoms with Crippen LogP contribution in [0.1, 0.15) is 88.3 Å². The van der Waals surface area contributed by atoms with Gasteiger partial charge in [-0.2, -0.15) is 0 Å². The first kappa shape index (κ1) is 27.0. The fraction of sp³-hybridized carbons (Fsp3) is 0.455. The van der Waals surface area contributed by atoms with Crippen LogP contribution in [0.3, 0.4) is 0 Å². The Hall–Kier alpha value is -2.58. The zero-order valence-corrected chi connectivity index (χ0v) is 22.0. The number of aryl methyl sites for hydroxylation is 3. The quantitative estimate of drug-likeness (QED) is 0.210. The molecule has 0 heterocycles. The molecule has 0 bridgehead atoms. The van der Waals surface area contributed by atoms with Crippen LogP contribution >= 0.6 is 0 Å². The molecule has 2 nitrogen and oxygen atoms in total. The molecule has 1 N–H and O–H groups in total. The van der Waals surface area contributed by atoms with Gasteiger partial charge in [-0.25, -0.2) is 0 Å². The summed E-state index contributed by atoms with van der Waals surface area (Å²) in [6.07, 6.45) is 14.4. The van der Waals surface area contributed by atoms with Gasteiger partial charge >= 0.3 is 0 Å². The number of nitrogens with zero attached hydrogens (tertiary/aromatic N) is 1. The molecule has 0 fully saturated rings. The summed E-state index contributed by atoms with van der Waals surface area (Å²) < 4.78 is 0. The van der Waals surface area contributed by atoms with Crippen molar-refractivity contribution in [2.45, 2.75) is 90.9 Å². The molecule has 0 saturated heterocycles. The van der Waals surface area contributed by atoms with Gasteiger partial charge < -0.3 is 10.0 Å². The molecule has 3 rings (SSSR count). The predicted octanol–water partition coefficient (Wildman–Crippen LogP) is 9.33. The molecule has 35 heavy (non-hydrogen) atoms. The van der Waals surface area contributed by atoms with E-state index in [-0.39, 0.29) is 6.61 Å². The standard InChI is InChI=1S/C33H45NO/c1-3-5-7-9-12-28-15-21-31(22-16-28)34(33-25-19-30(20-26-33)14-11-27-35)32-23-17-29(18-24-32)13-10-8-6-4-2/h15-26,35H,3-14,27H2,1-2H3. The van der Waals surface area contributed by atoms with Crippen LogP contribution in [0.25, 0.3) is 0 Å². The maximum absolute atomic E-state index is 9.17. The van der Waals surface area contributed by atoms with Gasteiger partial charge in [0.1, 0.15) is 0 Å². The number of anilines is 3. The van der Waals surface area contributed by atoms with Crippen LogP contribution in [0.2, 0.25) is 0 Å². The monoisotopic (exact) mass is 471 g/mol. The molecule has 0 aliphatic carbocycles. The molecular formula is C33H45NO. The van der Waals surface area contributed by atoms with Gasteiger partial charge in [-0.05, 0) is 91.6 Å². The lowest BCUT2D eigenvalue weighted by Crippen LogP contribution is -2.10. The van der Waals surface area contributed by atoms with Gasteiger partial charge in [-0.1, -0.05) is 88.8 Å². The fourth-order valence-electron chi connectivity index (χ4n) is 4.68. The van der Waals surface area contributed by atoms with Crippen LogP contribution in [-0.2, 0) is 19.3 Å². The Balaban J connectivity index is 1.79. The summed E-state index contributed by atoms with van der Waals surface area (Å²) in [6.45, 7) is 4.77. The van der Waals surface area contributed by atoms with E-state index in [1.165, 1.54) is 85.1 Å². The highest BCUT2D eigenvalue weighted by Gasteiger charge is 2.13. The van der Waals surface area contributed by atoms with E-state index in [1.54, 1.807) is 0 Å². The zero-order chi connectivity index (χ0) is 24.7. The summed E-state index contributed by atoms with van der Waals surface area (Å²) >= 11 is 0. The van der Waals surface area contributed by atoms with Crippen LogP contribution in [0.4, 0.5) is 17.1 Å². The van der Waals surface area contributed by atoms with Crippen molar-refractivity contribution in [3.63, 3.8) is 0 Å². The molecule has 0 atom stereocenters. The average Bonchev–Trinajstić information content (AvgIpc) is 2.90. The number of benzene rings is 3. The Morgan fingerprint density at radius 1 is 0.457 bits per heavy atom. The number of aliphatic hydroxyl groups excluding tert-OH is 1. The Morgan fingerprint density at radius 2 is 0.800 bits per heavy atom. The molecule has 0 aliphatic heterocycles. The summed E-state index contributed by atoms with van der Waals surface area (Å²) in [5, 5.41) is 9.17. The van der Waals surface area contributed by atoms with Crippen molar-refractivity contribution in [3.05, 3.63) is 89.5 Å². The number of hydrogen-bond donors (Lipinski definition) is 1. The average molecular weight is 472 g/mol. The minimum atomic E-state index is 0.240. The predicted molar refractivity (Wildman–Crippen MR) is 152 cm³/mol. The van der Waals surface area contributed by atoms with Crippen LogP contribution in [0.15, 0.2) is 72.8 Å². The van der Waals surface area contributed by atoms with Crippen molar-refractivity contribution in [2.75, 3.05) is 11.5 Å². The van der Waals surface area contributed by atoms with Crippen molar-refractivity contribution >= 4 is 17.1 Å². The first-order chi connectivity index (χ1) is 17.2. The second-order valence-electron chi connectivity index (χ2n) is 9.78. The largest absolute Gasteiger partial charge is 0.396 e. The second kappa shape index (κ2) is 15.4. The minimum Gasteiger partial charge on any atom is -0.396 e. The maximum Gasteiger partial charge on any atom is 0.0461 e. The summed E-state index contributed by atoms with van der Waals surface area (Å²) in [5.74, 6) is 0. The molecular weight excluding hydrogens is 426 g/mol. The van der Waals surface area contributed by atoms with Crippen molar-refractivity contribution in [1.82, 2.24) is 0 Å². The van der Waals surface area contributed by atoms with E-state index in [9.17, 15) is 0 Å². The Morgan fingerprint density at radius 3 is 1.11 bits per heavy atom. The molecule has 0 radical (unpaired) electrons. The highest BCUT2D eigenvalue weighted by atomic mass is 16.2. The Bertz CT molecular complexity index is 888. The molecule has 0 spiro atoms. The van der Waals surface area contributed by atoms with Gasteiger partial charge in [0, 0.05) is 23.7 Å². The van der Waals surface area contributed by atoms with Gasteiger partial charge in [0.05, 0.1) is 0 Å². The first-order valence-electron chi connectivity index (χ1n) is 13.9. The van der Waals surface area contributed by atoms with Gasteiger partial charge in [0.2, 0.25) is 0 Å². The number of hydrogen-bond acceptors (Lipinski definition) is 2. The summed E-state index contributed by atoms with van der Waals surface area (Å²) in [7, 11) is 0. The van der Waals surface area contributed by atoms with E-state index < -0.39 is 0 Å². The molecule has 2 heteroatoms. The van der Waals surface area contributed by atoms with Crippen LogP contribution in [0.5, 0.6) is 0 Å². The van der Waals surface area contributed by atoms with Crippen molar-refractivity contribution in [2.24, 2.45) is 0 Å². The second-order valence-corrected chi connectivity index (χ2v) is 9.78. The zero-order valence-electron chi connectivity index (χ0n) is 22.0. The third kappa shape index (κ3) is 8.85. The van der Waals surface area contributed by atoms with Gasteiger partial charge in [0.15, 0.2) is 0 Å². The minimum absolute atomic E-state index is 0.240. The molecule has 0 aliphatic rings. The van der Waals surface area contributed by atoms with Gasteiger partial charge in [-0.15, -0.1) is 0 Å². The van der Waals surface area contributed by atoms with Crippen LogP contribution in [0, 0.1) is 0 Å². The highest BCUT2D eigenvalue weighted by Crippen LogP contribution is 2.35. The molecule has 3 aromatic carbocycles. The van der Waals surface area contributed by atoms with E-state index in [4.69, 9.17) is 5.11 Å². The SMILES string of the molecule is CCCCCCc1ccc(N(c2ccc(CCCO)cc2)c2ccc(CCCCCC)cc2)cc1. The normalized spacial score (nSPS) is 11.1. The molecule has 0 amide bonds. The number of aliphatic hydroxyl groups is 1. The molecule has 3 aromatic rings. The third-order valence-corrected chi connectivity index (χ3v) is 6.85. The lowest BCUT2D eigenvalue weighted by Gasteiger charge is -2.26.